The molecule has 0 aliphatic carbocycles. The molecule has 0 fully saturated rings. The largest absolute Gasteiger partial charge is 0.396 e. The van der Waals surface area contributed by atoms with Crippen molar-refractivity contribution in [3.05, 3.63) is 33.4 Å². The van der Waals surface area contributed by atoms with Crippen molar-refractivity contribution in [3.8, 4) is 0 Å². The number of hydrogen-bond donors (Lipinski definition) is 1. The lowest BCUT2D eigenvalue weighted by Gasteiger charge is -2.18. The van der Waals surface area contributed by atoms with E-state index in [9.17, 15) is 5.11 Å². The van der Waals surface area contributed by atoms with Crippen molar-refractivity contribution in [2.45, 2.75) is 19.8 Å². The number of rotatable bonds is 3. The van der Waals surface area contributed by atoms with Crippen LogP contribution in [0.25, 0.3) is 0 Å². The fourth-order valence-electron chi connectivity index (χ4n) is 1.41. The normalized spacial score (nSPS) is 13.3. The first-order chi connectivity index (χ1) is 6.15. The Bertz CT molecular complexity index is 253. The molecule has 0 aliphatic rings. The second kappa shape index (κ2) is 4.96. The van der Waals surface area contributed by atoms with Crippen LogP contribution in [0.5, 0.6) is 0 Å². The summed E-state index contributed by atoms with van der Waals surface area (Å²) in [6.07, 6.45) is 0. The van der Waals surface area contributed by atoms with Crippen LogP contribution in [0.1, 0.15) is 25.3 Å². The molecular weight excluding hydrogens is 275 g/mol. The van der Waals surface area contributed by atoms with Gasteiger partial charge in [0.1, 0.15) is 0 Å². The molecule has 0 amide bonds. The number of hydrogen-bond acceptors (Lipinski definition) is 1. The number of aliphatic hydroxyl groups is 1. The minimum atomic E-state index is 0.234. The zero-order chi connectivity index (χ0) is 9.84. The highest BCUT2D eigenvalue weighted by molar-refractivity contribution is 14.1. The molecule has 1 atom stereocenters. The summed E-state index contributed by atoms with van der Waals surface area (Å²) in [6, 6.07) is 8.37. The van der Waals surface area contributed by atoms with E-state index >= 15 is 0 Å². The molecule has 1 nitrogen and oxygen atoms in total. The van der Waals surface area contributed by atoms with E-state index in [-0.39, 0.29) is 12.5 Å². The third-order valence-corrected chi connectivity index (χ3v) is 3.02. The van der Waals surface area contributed by atoms with Crippen LogP contribution in [0.15, 0.2) is 24.3 Å². The maximum atomic E-state index is 9.22. The smallest absolute Gasteiger partial charge is 0.0502 e. The minimum Gasteiger partial charge on any atom is -0.396 e. The van der Waals surface area contributed by atoms with Crippen LogP contribution in [-0.4, -0.2) is 11.7 Å². The van der Waals surface area contributed by atoms with Crippen LogP contribution >= 0.6 is 22.6 Å². The zero-order valence-electron chi connectivity index (χ0n) is 8.00. The molecule has 1 aromatic carbocycles. The summed E-state index contributed by atoms with van der Waals surface area (Å²) in [4.78, 5) is 0. The summed E-state index contributed by atoms with van der Waals surface area (Å²) in [5.41, 5.74) is 1.23. The number of aliphatic hydroxyl groups excluding tert-OH is 1. The lowest BCUT2D eigenvalue weighted by atomic mass is 9.89. The van der Waals surface area contributed by atoms with Gasteiger partial charge in [0, 0.05) is 9.49 Å². The standard InChI is InChI=1S/C11H15IO/c1-8(2)11(7-13)9-3-5-10(12)6-4-9/h3-6,8,11,13H,7H2,1-2H3. The summed E-state index contributed by atoms with van der Waals surface area (Å²) in [6.45, 7) is 4.51. The predicted octanol–water partition coefficient (Wildman–Crippen LogP) is 3.02. The van der Waals surface area contributed by atoms with Crippen molar-refractivity contribution in [1.29, 1.82) is 0 Å². The average Bonchev–Trinajstić information content (AvgIpc) is 2.09. The molecule has 2 heteroatoms. The highest BCUT2D eigenvalue weighted by atomic mass is 127. The van der Waals surface area contributed by atoms with Gasteiger partial charge in [-0.1, -0.05) is 26.0 Å². The molecule has 0 spiro atoms. The van der Waals surface area contributed by atoms with Gasteiger partial charge in [-0.2, -0.15) is 0 Å². The summed E-state index contributed by atoms with van der Waals surface area (Å²) >= 11 is 2.29. The number of benzene rings is 1. The van der Waals surface area contributed by atoms with E-state index in [0.717, 1.165) is 0 Å². The molecule has 0 saturated heterocycles. The first-order valence-electron chi connectivity index (χ1n) is 4.51. The summed E-state index contributed by atoms with van der Waals surface area (Å²) in [5, 5.41) is 9.22. The van der Waals surface area contributed by atoms with Crippen LogP contribution in [0.2, 0.25) is 0 Å². The maximum Gasteiger partial charge on any atom is 0.0502 e. The molecule has 0 saturated carbocycles. The van der Waals surface area contributed by atoms with E-state index in [1.54, 1.807) is 0 Å². The van der Waals surface area contributed by atoms with E-state index in [1.807, 2.05) is 0 Å². The van der Waals surface area contributed by atoms with Crippen molar-refractivity contribution >= 4 is 22.6 Å². The molecule has 0 radical (unpaired) electrons. The predicted molar refractivity (Wildman–Crippen MR) is 63.8 cm³/mol. The summed E-state index contributed by atoms with van der Waals surface area (Å²) < 4.78 is 1.24. The molecule has 72 valence electrons. The second-order valence-electron chi connectivity index (χ2n) is 3.58. The van der Waals surface area contributed by atoms with E-state index in [1.165, 1.54) is 9.13 Å². The van der Waals surface area contributed by atoms with Crippen molar-refractivity contribution in [1.82, 2.24) is 0 Å². The third-order valence-electron chi connectivity index (χ3n) is 2.30. The lowest BCUT2D eigenvalue weighted by Crippen LogP contribution is -2.10. The second-order valence-corrected chi connectivity index (χ2v) is 4.83. The Morgan fingerprint density at radius 3 is 2.15 bits per heavy atom. The Kier molecular flexibility index (Phi) is 4.19. The van der Waals surface area contributed by atoms with Gasteiger partial charge in [0.2, 0.25) is 0 Å². The Morgan fingerprint density at radius 1 is 1.23 bits per heavy atom. The topological polar surface area (TPSA) is 20.2 Å². The van der Waals surface area contributed by atoms with Gasteiger partial charge >= 0.3 is 0 Å². The number of halogens is 1. The first kappa shape index (κ1) is 11.0. The van der Waals surface area contributed by atoms with Gasteiger partial charge in [0.05, 0.1) is 6.61 Å². The molecule has 0 bridgehead atoms. The van der Waals surface area contributed by atoms with Gasteiger partial charge in [0.25, 0.3) is 0 Å². The monoisotopic (exact) mass is 290 g/mol. The maximum absolute atomic E-state index is 9.22. The molecule has 1 rings (SSSR count). The van der Waals surface area contributed by atoms with Crippen LogP contribution < -0.4 is 0 Å². The summed E-state index contributed by atoms with van der Waals surface area (Å²) in [5.74, 6) is 0.766. The Hall–Kier alpha value is -0.0900. The van der Waals surface area contributed by atoms with Gasteiger partial charge in [-0.3, -0.25) is 0 Å². The average molecular weight is 290 g/mol. The molecule has 0 heterocycles. The Morgan fingerprint density at radius 2 is 1.77 bits per heavy atom. The van der Waals surface area contributed by atoms with E-state index in [4.69, 9.17) is 0 Å². The molecule has 1 N–H and O–H groups in total. The molecule has 0 aliphatic heterocycles. The SMILES string of the molecule is CC(C)C(CO)c1ccc(I)cc1. The van der Waals surface area contributed by atoms with E-state index in [2.05, 4.69) is 60.7 Å². The van der Waals surface area contributed by atoms with Crippen LogP contribution in [0, 0.1) is 9.49 Å². The molecule has 1 aromatic rings. The zero-order valence-corrected chi connectivity index (χ0v) is 10.2. The molecule has 13 heavy (non-hydrogen) atoms. The van der Waals surface area contributed by atoms with Gasteiger partial charge in [-0.05, 0) is 46.2 Å². The highest BCUT2D eigenvalue weighted by Gasteiger charge is 2.13. The lowest BCUT2D eigenvalue weighted by molar-refractivity contribution is 0.237. The summed E-state index contributed by atoms with van der Waals surface area (Å²) in [7, 11) is 0. The van der Waals surface area contributed by atoms with Crippen molar-refractivity contribution in [2.75, 3.05) is 6.61 Å². The van der Waals surface area contributed by atoms with E-state index in [0.29, 0.717) is 5.92 Å². The fourth-order valence-corrected chi connectivity index (χ4v) is 1.77. The third kappa shape index (κ3) is 2.95. The molecule has 1 unspecified atom stereocenters. The molecule has 0 aromatic heterocycles. The first-order valence-corrected chi connectivity index (χ1v) is 5.59. The molecular formula is C11H15IO. The van der Waals surface area contributed by atoms with Gasteiger partial charge in [-0.15, -0.1) is 0 Å². The van der Waals surface area contributed by atoms with E-state index < -0.39 is 0 Å². The minimum absolute atomic E-state index is 0.234. The Balaban J connectivity index is 2.86. The van der Waals surface area contributed by atoms with Crippen molar-refractivity contribution in [3.63, 3.8) is 0 Å². The Labute approximate surface area is 93.3 Å². The van der Waals surface area contributed by atoms with Gasteiger partial charge in [0.15, 0.2) is 0 Å². The van der Waals surface area contributed by atoms with Crippen LogP contribution in [0.3, 0.4) is 0 Å². The highest BCUT2D eigenvalue weighted by Crippen LogP contribution is 2.24. The quantitative estimate of drug-likeness (QED) is 0.848. The van der Waals surface area contributed by atoms with Crippen LogP contribution in [0.4, 0.5) is 0 Å². The fraction of sp³-hybridized carbons (Fsp3) is 0.455. The van der Waals surface area contributed by atoms with Crippen molar-refractivity contribution < 1.29 is 5.11 Å². The van der Waals surface area contributed by atoms with Gasteiger partial charge in [-0.25, -0.2) is 0 Å². The van der Waals surface area contributed by atoms with Crippen molar-refractivity contribution in [2.24, 2.45) is 5.92 Å². The van der Waals surface area contributed by atoms with Gasteiger partial charge < -0.3 is 5.11 Å². The van der Waals surface area contributed by atoms with Crippen LogP contribution in [-0.2, 0) is 0 Å².